The van der Waals surface area contributed by atoms with Gasteiger partial charge in [0.1, 0.15) is 0 Å². The summed E-state index contributed by atoms with van der Waals surface area (Å²) in [6.45, 7) is 0.148. The molecule has 1 aromatic carbocycles. The van der Waals surface area contributed by atoms with Crippen molar-refractivity contribution in [1.82, 2.24) is 10.6 Å². The molecule has 21 heavy (non-hydrogen) atoms. The van der Waals surface area contributed by atoms with Crippen LogP contribution in [0.4, 0.5) is 13.2 Å². The van der Waals surface area contributed by atoms with Crippen LogP contribution < -0.4 is 10.6 Å². The average molecular weight is 323 g/mol. The third-order valence-electron chi connectivity index (χ3n) is 2.53. The third-order valence-corrected chi connectivity index (χ3v) is 2.72. The first-order valence-electron chi connectivity index (χ1n) is 6.13. The van der Waals surface area contributed by atoms with Gasteiger partial charge in [0.25, 0.3) is 5.91 Å². The second-order valence-electron chi connectivity index (χ2n) is 4.09. The number of carbonyl (C=O) groups excluding carboxylic acids is 2. The summed E-state index contributed by atoms with van der Waals surface area (Å²) in [5.41, 5.74) is -1.44. The fourth-order valence-corrected chi connectivity index (χ4v) is 1.75. The van der Waals surface area contributed by atoms with Gasteiger partial charge in [-0.15, -0.1) is 11.6 Å². The molecule has 1 rings (SSSR count). The number of alkyl halides is 4. The van der Waals surface area contributed by atoms with E-state index in [0.717, 1.165) is 12.1 Å². The molecular formula is C13H14ClF3N2O2. The maximum Gasteiger partial charge on any atom is 0.417 e. The van der Waals surface area contributed by atoms with Crippen molar-refractivity contribution in [2.45, 2.75) is 12.6 Å². The minimum Gasteiger partial charge on any atom is -0.354 e. The van der Waals surface area contributed by atoms with Gasteiger partial charge in [-0.05, 0) is 12.1 Å². The van der Waals surface area contributed by atoms with Gasteiger partial charge < -0.3 is 10.6 Å². The molecule has 0 bridgehead atoms. The Morgan fingerprint density at radius 2 is 1.71 bits per heavy atom. The molecule has 0 spiro atoms. The Hall–Kier alpha value is -1.76. The number of hydrogen-bond acceptors (Lipinski definition) is 2. The molecule has 0 heterocycles. The summed E-state index contributed by atoms with van der Waals surface area (Å²) in [7, 11) is 0. The van der Waals surface area contributed by atoms with Gasteiger partial charge in [0.05, 0.1) is 11.1 Å². The summed E-state index contributed by atoms with van der Waals surface area (Å²) in [6, 6.07) is 4.51. The van der Waals surface area contributed by atoms with E-state index in [1.807, 2.05) is 0 Å². The summed E-state index contributed by atoms with van der Waals surface area (Å²) in [5.74, 6) is -0.943. The number of rotatable bonds is 6. The van der Waals surface area contributed by atoms with Gasteiger partial charge in [-0.25, -0.2) is 0 Å². The fraction of sp³-hybridized carbons (Fsp3) is 0.385. The Morgan fingerprint density at radius 3 is 2.33 bits per heavy atom. The molecule has 0 aliphatic rings. The molecule has 1 aromatic rings. The average Bonchev–Trinajstić information content (AvgIpc) is 2.43. The quantitative estimate of drug-likeness (QED) is 0.623. The highest BCUT2D eigenvalue weighted by Crippen LogP contribution is 2.31. The van der Waals surface area contributed by atoms with E-state index in [9.17, 15) is 22.8 Å². The number of carbonyl (C=O) groups is 2. The van der Waals surface area contributed by atoms with Gasteiger partial charge in [-0.1, -0.05) is 12.1 Å². The Kier molecular flexibility index (Phi) is 6.48. The lowest BCUT2D eigenvalue weighted by atomic mass is 10.1. The number of benzene rings is 1. The van der Waals surface area contributed by atoms with Gasteiger partial charge in [-0.2, -0.15) is 13.2 Å². The van der Waals surface area contributed by atoms with Crippen LogP contribution in [0.15, 0.2) is 24.3 Å². The van der Waals surface area contributed by atoms with Crippen molar-refractivity contribution >= 4 is 23.4 Å². The van der Waals surface area contributed by atoms with E-state index in [-0.39, 0.29) is 31.3 Å². The highest BCUT2D eigenvalue weighted by molar-refractivity contribution is 6.18. The fourth-order valence-electron chi connectivity index (χ4n) is 1.58. The van der Waals surface area contributed by atoms with Crippen molar-refractivity contribution in [2.24, 2.45) is 0 Å². The molecule has 4 nitrogen and oxygen atoms in total. The smallest absolute Gasteiger partial charge is 0.354 e. The number of hydrogen-bond donors (Lipinski definition) is 2. The monoisotopic (exact) mass is 322 g/mol. The Bertz CT molecular complexity index is 506. The molecule has 0 aromatic heterocycles. The normalized spacial score (nSPS) is 11.0. The summed E-state index contributed by atoms with van der Waals surface area (Å²) in [5, 5.41) is 4.80. The van der Waals surface area contributed by atoms with Crippen LogP contribution in [-0.2, 0) is 11.0 Å². The van der Waals surface area contributed by atoms with Gasteiger partial charge in [-0.3, -0.25) is 9.59 Å². The van der Waals surface area contributed by atoms with Crippen molar-refractivity contribution in [2.75, 3.05) is 19.0 Å². The van der Waals surface area contributed by atoms with E-state index in [1.165, 1.54) is 12.1 Å². The van der Waals surface area contributed by atoms with Crippen LogP contribution in [0, 0.1) is 0 Å². The molecule has 0 aliphatic carbocycles. The van der Waals surface area contributed by atoms with E-state index in [0.29, 0.717) is 0 Å². The number of amides is 2. The van der Waals surface area contributed by atoms with Crippen molar-refractivity contribution < 1.29 is 22.8 Å². The van der Waals surface area contributed by atoms with E-state index in [4.69, 9.17) is 11.6 Å². The molecule has 0 saturated heterocycles. The second kappa shape index (κ2) is 7.87. The van der Waals surface area contributed by atoms with E-state index in [1.54, 1.807) is 0 Å². The largest absolute Gasteiger partial charge is 0.417 e. The van der Waals surface area contributed by atoms with Crippen LogP contribution in [0.1, 0.15) is 22.3 Å². The predicted molar refractivity (Wildman–Crippen MR) is 72.1 cm³/mol. The zero-order valence-electron chi connectivity index (χ0n) is 11.0. The molecular weight excluding hydrogens is 309 g/mol. The third kappa shape index (κ3) is 5.63. The van der Waals surface area contributed by atoms with Crippen LogP contribution in [0.5, 0.6) is 0 Å². The van der Waals surface area contributed by atoms with Gasteiger partial charge >= 0.3 is 6.18 Å². The lowest BCUT2D eigenvalue weighted by Gasteiger charge is -2.12. The lowest BCUT2D eigenvalue weighted by Crippen LogP contribution is -2.35. The highest BCUT2D eigenvalue weighted by atomic mass is 35.5. The first-order chi connectivity index (χ1) is 9.86. The maximum atomic E-state index is 12.7. The number of halogens is 4. The van der Waals surface area contributed by atoms with E-state index in [2.05, 4.69) is 10.6 Å². The second-order valence-corrected chi connectivity index (χ2v) is 4.47. The summed E-state index contributed by atoms with van der Waals surface area (Å²) >= 11 is 5.36. The van der Waals surface area contributed by atoms with Gasteiger partial charge in [0.2, 0.25) is 5.91 Å². The van der Waals surface area contributed by atoms with E-state index >= 15 is 0 Å². The first-order valence-corrected chi connectivity index (χ1v) is 6.66. The van der Waals surface area contributed by atoms with Gasteiger partial charge in [0, 0.05) is 25.4 Å². The Labute approximate surface area is 124 Å². The summed E-state index contributed by atoms with van der Waals surface area (Å²) < 4.78 is 38.2. The van der Waals surface area contributed by atoms with Crippen LogP contribution >= 0.6 is 11.6 Å². The topological polar surface area (TPSA) is 58.2 Å². The molecule has 0 fully saturated rings. The van der Waals surface area contributed by atoms with Crippen molar-refractivity contribution in [3.05, 3.63) is 35.4 Å². The zero-order chi connectivity index (χ0) is 15.9. The van der Waals surface area contributed by atoms with Crippen molar-refractivity contribution in [3.63, 3.8) is 0 Å². The molecule has 0 radical (unpaired) electrons. The molecule has 8 heteroatoms. The maximum absolute atomic E-state index is 12.7. The Balaban J connectivity index is 2.55. The SMILES string of the molecule is O=C(CCCl)NCCNC(=O)c1ccccc1C(F)(F)F. The molecule has 2 amide bonds. The molecule has 116 valence electrons. The highest BCUT2D eigenvalue weighted by Gasteiger charge is 2.34. The molecule has 0 saturated carbocycles. The minimum absolute atomic E-state index is 0.0268. The standard InChI is InChI=1S/C13H14ClF3N2O2/c14-6-5-11(20)18-7-8-19-12(21)9-3-1-2-4-10(9)13(15,16)17/h1-4H,5-8H2,(H,18,20)(H,19,21). The Morgan fingerprint density at radius 1 is 1.10 bits per heavy atom. The zero-order valence-corrected chi connectivity index (χ0v) is 11.7. The molecule has 0 atom stereocenters. The summed E-state index contributed by atoms with van der Waals surface area (Å²) in [4.78, 5) is 22.8. The molecule has 0 unspecified atom stereocenters. The van der Waals surface area contributed by atoms with Crippen molar-refractivity contribution in [3.8, 4) is 0 Å². The minimum atomic E-state index is -4.59. The van der Waals surface area contributed by atoms with Crippen LogP contribution in [0.25, 0.3) is 0 Å². The summed E-state index contributed by atoms with van der Waals surface area (Å²) in [6.07, 6.45) is -4.45. The molecule has 2 N–H and O–H groups in total. The molecule has 0 aliphatic heterocycles. The van der Waals surface area contributed by atoms with E-state index < -0.39 is 23.2 Å². The van der Waals surface area contributed by atoms with Crippen LogP contribution in [0.3, 0.4) is 0 Å². The van der Waals surface area contributed by atoms with Crippen LogP contribution in [0.2, 0.25) is 0 Å². The first kappa shape index (κ1) is 17.3. The van der Waals surface area contributed by atoms with Gasteiger partial charge in [0.15, 0.2) is 0 Å². The van der Waals surface area contributed by atoms with Crippen molar-refractivity contribution in [1.29, 1.82) is 0 Å². The predicted octanol–water partition coefficient (Wildman–Crippen LogP) is 2.18. The number of nitrogens with one attached hydrogen (secondary N) is 2. The van der Waals surface area contributed by atoms with Crippen LogP contribution in [-0.4, -0.2) is 30.8 Å². The lowest BCUT2D eigenvalue weighted by molar-refractivity contribution is -0.138.